The molecule has 0 saturated carbocycles. The molecule has 0 aliphatic rings. The Morgan fingerprint density at radius 1 is 0.324 bits per heavy atom. The molecule has 0 fully saturated rings. The summed E-state index contributed by atoms with van der Waals surface area (Å²) in [5.41, 5.74) is 16.6. The molecule has 0 aliphatic heterocycles. The second kappa shape index (κ2) is 15.2. The molecule has 14 rings (SSSR count). The van der Waals surface area contributed by atoms with Gasteiger partial charge in [0.1, 0.15) is 22.3 Å². The number of hydrogen-bond donors (Lipinski definition) is 0. The molecule has 0 bridgehead atoms. The average Bonchev–Trinajstić information content (AvgIpc) is 4.10. The molecule has 0 spiro atoms. The number of benzene rings is 11. The Bertz CT molecular complexity index is 4210. The van der Waals surface area contributed by atoms with E-state index in [0.29, 0.717) is 0 Å². The van der Waals surface area contributed by atoms with Gasteiger partial charge in [0.15, 0.2) is 0 Å². The number of furan rings is 2. The fourth-order valence-corrected chi connectivity index (χ4v) is 10.7. The number of nitrogens with zero attached hydrogens (tertiary/aromatic N) is 2. The van der Waals surface area contributed by atoms with Gasteiger partial charge in [0, 0.05) is 55.1 Å². The van der Waals surface area contributed by atoms with Gasteiger partial charge in [-0.25, -0.2) is 0 Å². The van der Waals surface area contributed by atoms with Gasteiger partial charge in [-0.05, 0) is 106 Å². The predicted octanol–water partition coefficient (Wildman–Crippen LogP) is 18.2. The molecule has 11 aromatic carbocycles. The highest BCUT2D eigenvalue weighted by molar-refractivity contribution is 6.17. The monoisotopic (exact) mass is 868 g/mol. The molecule has 14 aromatic rings. The summed E-state index contributed by atoms with van der Waals surface area (Å²) in [6.45, 7) is 0. The van der Waals surface area contributed by atoms with Gasteiger partial charge in [0.25, 0.3) is 0 Å². The van der Waals surface area contributed by atoms with E-state index in [9.17, 15) is 0 Å². The number of rotatable bonds is 7. The molecule has 0 radical (unpaired) electrons. The van der Waals surface area contributed by atoms with Crippen molar-refractivity contribution in [3.05, 3.63) is 243 Å². The molecule has 0 atom stereocenters. The Morgan fingerprint density at radius 3 is 1.57 bits per heavy atom. The summed E-state index contributed by atoms with van der Waals surface area (Å²) < 4.78 is 15.9. The van der Waals surface area contributed by atoms with Gasteiger partial charge in [-0.1, -0.05) is 170 Å². The van der Waals surface area contributed by atoms with Crippen molar-refractivity contribution in [3.63, 3.8) is 0 Å². The highest BCUT2D eigenvalue weighted by atomic mass is 16.3. The van der Waals surface area contributed by atoms with Crippen LogP contribution in [0.1, 0.15) is 0 Å². The van der Waals surface area contributed by atoms with Crippen LogP contribution in [0.15, 0.2) is 251 Å². The van der Waals surface area contributed by atoms with Crippen LogP contribution in [0.2, 0.25) is 0 Å². The van der Waals surface area contributed by atoms with E-state index in [1.54, 1.807) is 0 Å². The Hall–Kier alpha value is -9.12. The summed E-state index contributed by atoms with van der Waals surface area (Å²) in [5.74, 6) is 0. The predicted molar refractivity (Wildman–Crippen MR) is 284 cm³/mol. The van der Waals surface area contributed by atoms with Crippen LogP contribution in [0, 0.1) is 0 Å². The van der Waals surface area contributed by atoms with Gasteiger partial charge >= 0.3 is 0 Å². The van der Waals surface area contributed by atoms with E-state index in [2.05, 4.69) is 240 Å². The quantitative estimate of drug-likeness (QED) is 0.160. The summed E-state index contributed by atoms with van der Waals surface area (Å²) >= 11 is 0. The third kappa shape index (κ3) is 5.94. The summed E-state index contributed by atoms with van der Waals surface area (Å²) in [4.78, 5) is 2.38. The number of anilines is 3. The van der Waals surface area contributed by atoms with Gasteiger partial charge < -0.3 is 18.3 Å². The van der Waals surface area contributed by atoms with Crippen LogP contribution < -0.4 is 4.90 Å². The zero-order chi connectivity index (χ0) is 44.7. The maximum absolute atomic E-state index is 6.99. The smallest absolute Gasteiger partial charge is 0.145 e. The van der Waals surface area contributed by atoms with E-state index in [1.165, 1.54) is 38.1 Å². The molecule has 68 heavy (non-hydrogen) atoms. The molecule has 4 nitrogen and oxygen atoms in total. The molecule has 0 saturated heterocycles. The normalized spacial score (nSPS) is 11.8. The second-order valence-corrected chi connectivity index (χ2v) is 17.6. The average molecular weight is 869 g/mol. The minimum absolute atomic E-state index is 0.841. The highest BCUT2D eigenvalue weighted by Gasteiger charge is 2.23. The molecular weight excluding hydrogens is 829 g/mol. The molecular formula is C64H40N2O2. The lowest BCUT2D eigenvalue weighted by Crippen LogP contribution is -2.10. The molecule has 0 N–H and O–H groups in total. The lowest BCUT2D eigenvalue weighted by atomic mass is 9.97. The SMILES string of the molecule is c1cc(-c2ccc(N(c3ccc(-c4cccc5ccccc45)cc3)c3ccc(-c4cccc5c4oc4ccccc45)cc3)c3c2oc2ccccc23)cc(-n2c3ccccc3c3ccccc32)c1. The molecule has 0 amide bonds. The molecule has 0 aliphatic carbocycles. The van der Waals surface area contributed by atoms with E-state index >= 15 is 0 Å². The minimum atomic E-state index is 0.841. The lowest BCUT2D eigenvalue weighted by Gasteiger charge is -2.27. The van der Waals surface area contributed by atoms with Crippen molar-refractivity contribution in [3.8, 4) is 39.1 Å². The van der Waals surface area contributed by atoms with Crippen LogP contribution in [-0.2, 0) is 0 Å². The standard InChI is InChI=1S/C64H40N2O2/c1-2-18-48-41(14-1)15-12-23-49(48)42-30-34-45(35-31-42)65(46-36-32-43(33-37-46)50-24-13-25-55-54-21-5-9-28-60(54)67-63(50)55)59-39-38-51(64-62(59)56-22-6-10-29-61(56)68-64)44-16-11-17-47(40-44)66-57-26-7-3-19-52(57)53-20-4-8-27-58(53)66/h1-40H. The van der Waals surface area contributed by atoms with Crippen LogP contribution in [0.25, 0.3) is 116 Å². The van der Waals surface area contributed by atoms with Crippen molar-refractivity contribution >= 4 is 93.5 Å². The Kier molecular flexibility index (Phi) is 8.55. The third-order valence-corrected chi connectivity index (χ3v) is 13.8. The van der Waals surface area contributed by atoms with Crippen LogP contribution in [0.3, 0.4) is 0 Å². The highest BCUT2D eigenvalue weighted by Crippen LogP contribution is 2.47. The molecule has 4 heteroatoms. The van der Waals surface area contributed by atoms with Crippen molar-refractivity contribution in [2.45, 2.75) is 0 Å². The topological polar surface area (TPSA) is 34.5 Å². The van der Waals surface area contributed by atoms with Crippen LogP contribution in [0.4, 0.5) is 17.1 Å². The van der Waals surface area contributed by atoms with Crippen molar-refractivity contribution in [1.29, 1.82) is 0 Å². The first-order valence-corrected chi connectivity index (χ1v) is 23.2. The molecule has 318 valence electrons. The molecule has 3 aromatic heterocycles. The van der Waals surface area contributed by atoms with Crippen molar-refractivity contribution in [2.24, 2.45) is 0 Å². The van der Waals surface area contributed by atoms with Crippen LogP contribution in [0.5, 0.6) is 0 Å². The fourth-order valence-electron chi connectivity index (χ4n) is 10.7. The maximum atomic E-state index is 6.99. The summed E-state index contributed by atoms with van der Waals surface area (Å²) in [6, 6.07) is 86.8. The second-order valence-electron chi connectivity index (χ2n) is 17.6. The minimum Gasteiger partial charge on any atom is -0.455 e. The van der Waals surface area contributed by atoms with Gasteiger partial charge in [-0.2, -0.15) is 0 Å². The van der Waals surface area contributed by atoms with E-state index in [4.69, 9.17) is 8.83 Å². The van der Waals surface area contributed by atoms with Gasteiger partial charge in [-0.15, -0.1) is 0 Å². The number of aromatic nitrogens is 1. The zero-order valence-electron chi connectivity index (χ0n) is 36.8. The third-order valence-electron chi connectivity index (χ3n) is 13.8. The van der Waals surface area contributed by atoms with E-state index in [-0.39, 0.29) is 0 Å². The molecule has 0 unspecified atom stereocenters. The van der Waals surface area contributed by atoms with Crippen molar-refractivity contribution < 1.29 is 8.83 Å². The first-order valence-electron chi connectivity index (χ1n) is 23.2. The summed E-state index contributed by atoms with van der Waals surface area (Å²) in [5, 5.41) is 9.29. The van der Waals surface area contributed by atoms with Gasteiger partial charge in [0.05, 0.1) is 22.1 Å². The zero-order valence-corrected chi connectivity index (χ0v) is 36.8. The van der Waals surface area contributed by atoms with Gasteiger partial charge in [-0.3, -0.25) is 0 Å². The Labute approximate surface area is 391 Å². The molecule has 3 heterocycles. The largest absolute Gasteiger partial charge is 0.455 e. The first kappa shape index (κ1) is 38.2. The van der Waals surface area contributed by atoms with Crippen molar-refractivity contribution in [1.82, 2.24) is 4.57 Å². The number of hydrogen-bond acceptors (Lipinski definition) is 3. The van der Waals surface area contributed by atoms with Gasteiger partial charge in [0.2, 0.25) is 0 Å². The van der Waals surface area contributed by atoms with E-state index in [1.807, 2.05) is 12.1 Å². The Balaban J connectivity index is 0.951. The lowest BCUT2D eigenvalue weighted by molar-refractivity contribution is 0.669. The van der Waals surface area contributed by atoms with Crippen molar-refractivity contribution in [2.75, 3.05) is 4.90 Å². The Morgan fingerprint density at radius 2 is 0.838 bits per heavy atom. The van der Waals surface area contributed by atoms with E-state index in [0.717, 1.165) is 94.4 Å². The summed E-state index contributed by atoms with van der Waals surface area (Å²) in [6.07, 6.45) is 0. The first-order chi connectivity index (χ1) is 33.7. The maximum Gasteiger partial charge on any atom is 0.145 e. The van der Waals surface area contributed by atoms with Crippen LogP contribution >= 0.6 is 0 Å². The fraction of sp³-hybridized carbons (Fsp3) is 0. The number of fused-ring (bicyclic) bond motifs is 10. The van der Waals surface area contributed by atoms with Crippen LogP contribution in [-0.4, -0.2) is 4.57 Å². The number of para-hydroxylation sites is 5. The van der Waals surface area contributed by atoms with E-state index < -0.39 is 0 Å². The summed E-state index contributed by atoms with van der Waals surface area (Å²) in [7, 11) is 0.